The summed E-state index contributed by atoms with van der Waals surface area (Å²) in [5.74, 6) is -1.58. The van der Waals surface area contributed by atoms with E-state index in [1.54, 1.807) is 54.3 Å². The van der Waals surface area contributed by atoms with Crippen molar-refractivity contribution in [3.8, 4) is 17.2 Å². The minimum atomic E-state index is -0.840. The standard InChI is InChI=1S/C33H30BrClFN5O6/c1-18(24-10-9-23(15-27(24)36)46-17-29(37)42)38-31(43)30-28-16-39(32(44)19-2-11-25(34)26(35)14-19)12-13-40(28)33(45)41(30)20-3-5-21(6-4-20)47-22-7-8-22/h2-6,9-11,14-15,18,22H,7-8,12-13,16-17H2,1H3,(H2,37,42)(H,38,43)/t18-/m0/s1. The molecule has 2 aliphatic rings. The number of carbonyl (C=O) groups is 3. The molecule has 6 rings (SSSR count). The summed E-state index contributed by atoms with van der Waals surface area (Å²) in [7, 11) is 0. The third-order valence-electron chi connectivity index (χ3n) is 7.94. The Morgan fingerprint density at radius 2 is 1.79 bits per heavy atom. The molecule has 14 heteroatoms. The van der Waals surface area contributed by atoms with Crippen molar-refractivity contribution in [2.24, 2.45) is 5.73 Å². The lowest BCUT2D eigenvalue weighted by Gasteiger charge is -2.28. The molecule has 4 aromatic rings. The first-order valence-electron chi connectivity index (χ1n) is 14.9. The van der Waals surface area contributed by atoms with E-state index in [4.69, 9.17) is 26.8 Å². The van der Waals surface area contributed by atoms with Crippen LogP contribution < -0.4 is 26.2 Å². The number of nitrogens with zero attached hydrogens (tertiary/aromatic N) is 3. The Hall–Kier alpha value is -4.62. The predicted octanol–water partition coefficient (Wildman–Crippen LogP) is 4.75. The molecule has 1 saturated carbocycles. The van der Waals surface area contributed by atoms with E-state index in [9.17, 15) is 19.2 Å². The number of rotatable bonds is 10. The van der Waals surface area contributed by atoms with Crippen LogP contribution in [0.1, 0.15) is 57.9 Å². The number of halogens is 3. The second-order valence-corrected chi connectivity index (χ2v) is 12.6. The molecule has 0 unspecified atom stereocenters. The summed E-state index contributed by atoms with van der Waals surface area (Å²) in [6.45, 7) is 1.53. The van der Waals surface area contributed by atoms with Crippen LogP contribution in [0, 0.1) is 5.82 Å². The number of primary amides is 1. The van der Waals surface area contributed by atoms with E-state index in [1.165, 1.54) is 21.3 Å². The van der Waals surface area contributed by atoms with Gasteiger partial charge in [-0.15, -0.1) is 0 Å². The number of imidazole rings is 1. The maximum absolute atomic E-state index is 15.1. The molecule has 47 heavy (non-hydrogen) atoms. The van der Waals surface area contributed by atoms with E-state index in [0.29, 0.717) is 32.2 Å². The SMILES string of the molecule is C[C@H](NC(=O)c1c2n(c(=O)n1-c1ccc(OC3CC3)cc1)CCN(C(=O)c1ccc(Br)c(Cl)c1)C2)c1ccc(OCC(N)=O)cc1F. The van der Waals surface area contributed by atoms with Crippen molar-refractivity contribution in [3.05, 3.63) is 109 Å². The molecular formula is C33H30BrClFN5O6. The molecule has 3 aromatic carbocycles. The lowest BCUT2D eigenvalue weighted by molar-refractivity contribution is -0.119. The molecule has 0 bridgehead atoms. The van der Waals surface area contributed by atoms with Gasteiger partial charge in [-0.2, -0.15) is 0 Å². The van der Waals surface area contributed by atoms with Gasteiger partial charge in [-0.3, -0.25) is 23.5 Å². The lowest BCUT2D eigenvalue weighted by atomic mass is 10.1. The van der Waals surface area contributed by atoms with Gasteiger partial charge in [0.25, 0.3) is 17.7 Å². The Kier molecular flexibility index (Phi) is 9.11. The number of hydrogen-bond acceptors (Lipinski definition) is 6. The number of nitrogens with two attached hydrogens (primary N) is 1. The Morgan fingerprint density at radius 3 is 2.45 bits per heavy atom. The van der Waals surface area contributed by atoms with Crippen molar-refractivity contribution in [3.63, 3.8) is 0 Å². The molecular weight excluding hydrogens is 697 g/mol. The third kappa shape index (κ3) is 6.91. The monoisotopic (exact) mass is 725 g/mol. The summed E-state index contributed by atoms with van der Waals surface area (Å²) in [6, 6.07) is 14.9. The van der Waals surface area contributed by atoms with Gasteiger partial charge in [-0.25, -0.2) is 9.18 Å². The van der Waals surface area contributed by atoms with Crippen LogP contribution >= 0.6 is 27.5 Å². The highest BCUT2D eigenvalue weighted by molar-refractivity contribution is 9.10. The van der Waals surface area contributed by atoms with Gasteiger partial charge in [0.2, 0.25) is 0 Å². The zero-order chi connectivity index (χ0) is 33.4. The topological polar surface area (TPSA) is 138 Å². The van der Waals surface area contributed by atoms with E-state index < -0.39 is 36.0 Å². The fourth-order valence-electron chi connectivity index (χ4n) is 5.42. The van der Waals surface area contributed by atoms with Crippen molar-refractivity contribution < 1.29 is 28.2 Å². The first kappa shape index (κ1) is 32.3. The molecule has 2 heterocycles. The van der Waals surface area contributed by atoms with Gasteiger partial charge in [0.1, 0.15) is 23.0 Å². The van der Waals surface area contributed by atoms with Crippen LogP contribution in [-0.4, -0.2) is 51.0 Å². The van der Waals surface area contributed by atoms with E-state index in [-0.39, 0.29) is 48.7 Å². The average Bonchev–Trinajstić information content (AvgIpc) is 3.82. The van der Waals surface area contributed by atoms with Crippen LogP contribution in [0.25, 0.3) is 5.69 Å². The molecule has 1 aromatic heterocycles. The number of fused-ring (bicyclic) bond motifs is 1. The van der Waals surface area contributed by atoms with Gasteiger partial charge < -0.3 is 25.4 Å². The summed E-state index contributed by atoms with van der Waals surface area (Å²) >= 11 is 9.58. The molecule has 244 valence electrons. The Balaban J connectivity index is 1.34. The van der Waals surface area contributed by atoms with Crippen LogP contribution in [0.5, 0.6) is 11.5 Å². The summed E-state index contributed by atoms with van der Waals surface area (Å²) < 4.78 is 29.6. The van der Waals surface area contributed by atoms with Gasteiger partial charge in [-0.1, -0.05) is 17.7 Å². The first-order valence-corrected chi connectivity index (χ1v) is 16.0. The molecule has 0 saturated heterocycles. The molecule has 1 fully saturated rings. The number of carbonyl (C=O) groups excluding carboxylic acids is 3. The fourth-order valence-corrected chi connectivity index (χ4v) is 5.84. The lowest BCUT2D eigenvalue weighted by Crippen LogP contribution is -2.41. The quantitative estimate of drug-likeness (QED) is 0.242. The second kappa shape index (κ2) is 13.2. The van der Waals surface area contributed by atoms with Crippen molar-refractivity contribution >= 4 is 45.3 Å². The molecule has 1 aliphatic heterocycles. The largest absolute Gasteiger partial charge is 0.490 e. The number of nitrogens with one attached hydrogen (secondary N) is 1. The second-order valence-electron chi connectivity index (χ2n) is 11.4. The molecule has 3 N–H and O–H groups in total. The van der Waals surface area contributed by atoms with Crippen molar-refractivity contribution in [1.29, 1.82) is 0 Å². The highest BCUT2D eigenvalue weighted by Crippen LogP contribution is 2.29. The molecule has 0 radical (unpaired) electrons. The zero-order valence-corrected chi connectivity index (χ0v) is 27.5. The molecule has 11 nitrogen and oxygen atoms in total. The fraction of sp³-hybridized carbons (Fsp3) is 0.273. The molecule has 3 amide bonds. The van der Waals surface area contributed by atoms with Crippen LogP contribution in [0.15, 0.2) is 69.9 Å². The summed E-state index contributed by atoms with van der Waals surface area (Å²) in [5, 5.41) is 3.19. The van der Waals surface area contributed by atoms with Crippen LogP contribution in [0.3, 0.4) is 0 Å². The predicted molar refractivity (Wildman–Crippen MR) is 175 cm³/mol. The van der Waals surface area contributed by atoms with E-state index in [1.807, 2.05) is 0 Å². The number of benzene rings is 3. The molecule has 1 atom stereocenters. The van der Waals surface area contributed by atoms with E-state index in [2.05, 4.69) is 21.2 Å². The molecule has 0 spiro atoms. The summed E-state index contributed by atoms with van der Waals surface area (Å²) in [5.41, 5.74) is 5.94. The van der Waals surface area contributed by atoms with Crippen LogP contribution in [0.4, 0.5) is 4.39 Å². The maximum atomic E-state index is 15.1. The van der Waals surface area contributed by atoms with Gasteiger partial charge >= 0.3 is 5.69 Å². The average molecular weight is 727 g/mol. The zero-order valence-electron chi connectivity index (χ0n) is 25.2. The van der Waals surface area contributed by atoms with E-state index >= 15 is 4.39 Å². The Labute approximate surface area is 282 Å². The normalized spacial score (nSPS) is 14.7. The molecule has 1 aliphatic carbocycles. The van der Waals surface area contributed by atoms with Gasteiger partial charge in [0, 0.05) is 34.8 Å². The summed E-state index contributed by atoms with van der Waals surface area (Å²) in [6.07, 6.45) is 2.16. The van der Waals surface area contributed by atoms with Crippen molar-refractivity contribution in [1.82, 2.24) is 19.4 Å². The third-order valence-corrected chi connectivity index (χ3v) is 9.17. The van der Waals surface area contributed by atoms with Gasteiger partial charge in [0.15, 0.2) is 6.61 Å². The van der Waals surface area contributed by atoms with E-state index in [0.717, 1.165) is 18.9 Å². The maximum Gasteiger partial charge on any atom is 0.333 e. The van der Waals surface area contributed by atoms with Crippen LogP contribution in [0.2, 0.25) is 5.02 Å². The van der Waals surface area contributed by atoms with Crippen molar-refractivity contribution in [2.45, 2.75) is 45.0 Å². The summed E-state index contributed by atoms with van der Waals surface area (Å²) in [4.78, 5) is 54.1. The number of amides is 3. The van der Waals surface area contributed by atoms with Crippen LogP contribution in [-0.2, 0) is 17.9 Å². The Morgan fingerprint density at radius 1 is 1.06 bits per heavy atom. The number of aromatic nitrogens is 2. The van der Waals surface area contributed by atoms with Gasteiger partial charge in [0.05, 0.1) is 35.1 Å². The minimum Gasteiger partial charge on any atom is -0.490 e. The number of hydrogen-bond donors (Lipinski definition) is 2. The van der Waals surface area contributed by atoms with Crippen molar-refractivity contribution in [2.75, 3.05) is 13.2 Å². The number of ether oxygens (including phenoxy) is 2. The highest BCUT2D eigenvalue weighted by Gasteiger charge is 2.33. The van der Waals surface area contributed by atoms with Gasteiger partial charge in [-0.05, 0) is 84.2 Å². The minimum absolute atomic E-state index is 0.0193. The highest BCUT2D eigenvalue weighted by atomic mass is 79.9. The smallest absolute Gasteiger partial charge is 0.333 e. The Bertz CT molecular complexity index is 1940. The first-order chi connectivity index (χ1) is 22.5.